The third-order valence-electron chi connectivity index (χ3n) is 2.34. The zero-order chi connectivity index (χ0) is 13.8. The van der Waals surface area contributed by atoms with Crippen LogP contribution < -0.4 is 11.3 Å². The zero-order valence-electron chi connectivity index (χ0n) is 9.68. The van der Waals surface area contributed by atoms with Crippen LogP contribution in [-0.4, -0.2) is 26.1 Å². The van der Waals surface area contributed by atoms with Gasteiger partial charge in [0.05, 0.1) is 0 Å². The van der Waals surface area contributed by atoms with Crippen LogP contribution >= 0.6 is 23.2 Å². The van der Waals surface area contributed by atoms with Crippen molar-refractivity contribution in [2.45, 2.75) is 13.0 Å². The number of carbonyl (C=O) groups excluding carboxylic acids is 1. The number of benzene rings is 1. The molecule has 1 amide bonds. The molecule has 0 fully saturated rings. The molecule has 0 spiro atoms. The molecular weight excluding hydrogens is 291 g/mol. The first-order chi connectivity index (χ1) is 9.10. The van der Waals surface area contributed by atoms with E-state index in [1.54, 1.807) is 18.2 Å². The first kappa shape index (κ1) is 13.7. The fraction of sp³-hybridized carbons (Fsp3) is 0.200. The number of nitrogens with two attached hydrogens (primary N) is 1. The van der Waals surface area contributed by atoms with Crippen LogP contribution in [0.3, 0.4) is 0 Å². The molecule has 0 atom stereocenters. The Labute approximate surface area is 118 Å². The molecule has 0 saturated heterocycles. The number of tetrazole rings is 1. The Balaban J connectivity index is 2.14. The van der Waals surface area contributed by atoms with Gasteiger partial charge in [-0.15, -0.1) is 10.2 Å². The van der Waals surface area contributed by atoms with Crippen molar-refractivity contribution >= 4 is 29.1 Å². The fourth-order valence-electron chi connectivity index (χ4n) is 1.45. The number of hydrogen-bond acceptors (Lipinski definition) is 5. The molecule has 0 aliphatic heterocycles. The third-order valence-corrected chi connectivity index (χ3v) is 3.05. The maximum absolute atomic E-state index is 11.1. The summed E-state index contributed by atoms with van der Waals surface area (Å²) in [5, 5.41) is 12.7. The molecule has 0 radical (unpaired) electrons. The summed E-state index contributed by atoms with van der Waals surface area (Å²) in [6.45, 7) is -0.0975. The lowest BCUT2D eigenvalue weighted by atomic mass is 10.1. The summed E-state index contributed by atoms with van der Waals surface area (Å²) in [4.78, 5) is 12.2. The molecule has 1 aromatic heterocycles. The largest absolute Gasteiger partial charge is 0.293 e. The number of hydrazine groups is 1. The molecule has 1 heterocycles. The minimum Gasteiger partial charge on any atom is -0.293 e. The van der Waals surface area contributed by atoms with E-state index in [1.807, 2.05) is 5.43 Å². The van der Waals surface area contributed by atoms with Crippen LogP contribution in [0.25, 0.3) is 0 Å². The number of amides is 1. The summed E-state index contributed by atoms with van der Waals surface area (Å²) in [7, 11) is 0. The molecule has 0 aliphatic rings. The van der Waals surface area contributed by atoms with Gasteiger partial charge in [-0.2, -0.15) is 4.80 Å². The van der Waals surface area contributed by atoms with Crippen molar-refractivity contribution in [2.24, 2.45) is 5.84 Å². The second kappa shape index (κ2) is 5.96. The predicted octanol–water partition coefficient (Wildman–Crippen LogP) is 0.561. The highest BCUT2D eigenvalue weighted by Crippen LogP contribution is 2.25. The number of nitrogens with zero attached hydrogens (tertiary/aromatic N) is 4. The van der Waals surface area contributed by atoms with Gasteiger partial charge in [0.1, 0.15) is 6.54 Å². The molecule has 2 aromatic rings. The van der Waals surface area contributed by atoms with Crippen LogP contribution in [0.2, 0.25) is 10.0 Å². The molecule has 7 nitrogen and oxygen atoms in total. The van der Waals surface area contributed by atoms with E-state index in [2.05, 4.69) is 15.4 Å². The number of carbonyl (C=O) groups is 1. The fourth-order valence-corrected chi connectivity index (χ4v) is 1.98. The Kier molecular flexibility index (Phi) is 4.31. The van der Waals surface area contributed by atoms with Crippen LogP contribution in [0.15, 0.2) is 18.2 Å². The van der Waals surface area contributed by atoms with Gasteiger partial charge in [-0.1, -0.05) is 29.3 Å². The second-order valence-corrected chi connectivity index (χ2v) is 4.49. The smallest absolute Gasteiger partial charge is 0.257 e. The first-order valence-corrected chi connectivity index (χ1v) is 6.04. The van der Waals surface area contributed by atoms with Gasteiger partial charge in [-0.25, -0.2) is 5.84 Å². The Morgan fingerprint density at radius 2 is 2.05 bits per heavy atom. The van der Waals surface area contributed by atoms with E-state index >= 15 is 0 Å². The molecule has 3 N–H and O–H groups in total. The maximum atomic E-state index is 11.1. The quantitative estimate of drug-likeness (QED) is 0.488. The van der Waals surface area contributed by atoms with Gasteiger partial charge in [0.25, 0.3) is 5.91 Å². The van der Waals surface area contributed by atoms with Gasteiger partial charge >= 0.3 is 0 Å². The van der Waals surface area contributed by atoms with E-state index < -0.39 is 5.91 Å². The molecule has 0 saturated carbocycles. The Morgan fingerprint density at radius 1 is 1.37 bits per heavy atom. The highest BCUT2D eigenvalue weighted by atomic mass is 35.5. The lowest BCUT2D eigenvalue weighted by Gasteiger charge is -2.03. The first-order valence-electron chi connectivity index (χ1n) is 5.29. The van der Waals surface area contributed by atoms with Crippen LogP contribution in [0, 0.1) is 0 Å². The summed E-state index contributed by atoms with van der Waals surface area (Å²) in [5.41, 5.74) is 2.70. The molecular formula is C10H10Cl2N6O. The third kappa shape index (κ3) is 3.40. The molecule has 2 rings (SSSR count). The Bertz CT molecular complexity index is 579. The number of halogens is 2. The number of hydrogen-bond donors (Lipinski definition) is 2. The topological polar surface area (TPSA) is 98.7 Å². The molecule has 1 aromatic carbocycles. The Morgan fingerprint density at radius 3 is 2.68 bits per heavy atom. The lowest BCUT2D eigenvalue weighted by Crippen LogP contribution is -2.33. The van der Waals surface area contributed by atoms with Gasteiger partial charge in [0.2, 0.25) is 0 Å². The summed E-state index contributed by atoms with van der Waals surface area (Å²) in [6.07, 6.45) is 0.336. The lowest BCUT2D eigenvalue weighted by molar-refractivity contribution is -0.122. The minimum absolute atomic E-state index is 0.0975. The van der Waals surface area contributed by atoms with Crippen LogP contribution in [0.4, 0.5) is 0 Å². The molecule has 100 valence electrons. The number of nitrogens with one attached hydrogen (secondary N) is 1. The van der Waals surface area contributed by atoms with Gasteiger partial charge in [0, 0.05) is 16.5 Å². The monoisotopic (exact) mass is 300 g/mol. The summed E-state index contributed by atoms with van der Waals surface area (Å²) in [6, 6.07) is 5.22. The minimum atomic E-state index is -0.417. The van der Waals surface area contributed by atoms with Crippen LogP contribution in [0.1, 0.15) is 11.4 Å². The van der Waals surface area contributed by atoms with Crippen molar-refractivity contribution in [1.29, 1.82) is 0 Å². The predicted molar refractivity (Wildman–Crippen MR) is 69.4 cm³/mol. The molecule has 0 unspecified atom stereocenters. The summed E-state index contributed by atoms with van der Waals surface area (Å²) < 4.78 is 0. The van der Waals surface area contributed by atoms with Crippen molar-refractivity contribution in [3.63, 3.8) is 0 Å². The van der Waals surface area contributed by atoms with E-state index in [0.29, 0.717) is 27.9 Å². The number of rotatable bonds is 4. The van der Waals surface area contributed by atoms with Gasteiger partial charge < -0.3 is 0 Å². The van der Waals surface area contributed by atoms with E-state index in [1.165, 1.54) is 0 Å². The highest BCUT2D eigenvalue weighted by Gasteiger charge is 2.11. The summed E-state index contributed by atoms with van der Waals surface area (Å²) >= 11 is 12.1. The van der Waals surface area contributed by atoms with Crippen molar-refractivity contribution < 1.29 is 4.79 Å². The molecule has 9 heteroatoms. The van der Waals surface area contributed by atoms with Gasteiger partial charge in [-0.05, 0) is 22.9 Å². The number of aromatic nitrogens is 4. The normalized spacial score (nSPS) is 10.5. The second-order valence-electron chi connectivity index (χ2n) is 3.68. The van der Waals surface area contributed by atoms with Gasteiger partial charge in [0.15, 0.2) is 5.82 Å². The molecule has 0 aliphatic carbocycles. The van der Waals surface area contributed by atoms with E-state index in [4.69, 9.17) is 29.0 Å². The SMILES string of the molecule is NNC(=O)Cn1nnc(Cc2c(Cl)cccc2Cl)n1. The average molecular weight is 301 g/mol. The van der Waals surface area contributed by atoms with E-state index in [0.717, 1.165) is 4.80 Å². The van der Waals surface area contributed by atoms with E-state index in [-0.39, 0.29) is 6.54 Å². The highest BCUT2D eigenvalue weighted by molar-refractivity contribution is 6.36. The zero-order valence-corrected chi connectivity index (χ0v) is 11.2. The standard InChI is InChI=1S/C10H10Cl2N6O/c11-7-2-1-3-8(12)6(7)4-9-15-17-18(16-9)5-10(19)14-13/h1-3H,4-5,13H2,(H,14,19). The van der Waals surface area contributed by atoms with Crippen LogP contribution in [0.5, 0.6) is 0 Å². The van der Waals surface area contributed by atoms with Crippen molar-refractivity contribution in [3.05, 3.63) is 39.6 Å². The van der Waals surface area contributed by atoms with Crippen LogP contribution in [-0.2, 0) is 17.8 Å². The van der Waals surface area contributed by atoms with Crippen molar-refractivity contribution in [2.75, 3.05) is 0 Å². The maximum Gasteiger partial charge on any atom is 0.257 e. The van der Waals surface area contributed by atoms with Crippen molar-refractivity contribution in [3.8, 4) is 0 Å². The Hall–Kier alpha value is -1.70. The van der Waals surface area contributed by atoms with E-state index in [9.17, 15) is 4.79 Å². The molecule has 19 heavy (non-hydrogen) atoms. The van der Waals surface area contributed by atoms with Gasteiger partial charge in [-0.3, -0.25) is 10.2 Å². The van der Waals surface area contributed by atoms with Crippen molar-refractivity contribution in [1.82, 2.24) is 25.6 Å². The molecule has 0 bridgehead atoms. The summed E-state index contributed by atoms with van der Waals surface area (Å²) in [5.74, 6) is 4.97. The average Bonchev–Trinajstić information content (AvgIpc) is 2.81.